The number of hydrogen-bond donors (Lipinski definition) is 1. The van der Waals surface area contributed by atoms with Crippen molar-refractivity contribution in [3.05, 3.63) is 35.5 Å². The van der Waals surface area contributed by atoms with Gasteiger partial charge >= 0.3 is 0 Å². The summed E-state index contributed by atoms with van der Waals surface area (Å²) in [7, 11) is 0. The van der Waals surface area contributed by atoms with Crippen LogP contribution < -0.4 is 0 Å². The van der Waals surface area contributed by atoms with E-state index in [2.05, 4.69) is 11.9 Å². The largest absolute Gasteiger partial charge is 0.361 e. The van der Waals surface area contributed by atoms with Crippen LogP contribution in [0.15, 0.2) is 24.4 Å². The van der Waals surface area contributed by atoms with Gasteiger partial charge in [-0.1, -0.05) is 19.1 Å². The number of carbonyl (C=O) groups is 1. The molecular weight excluding hydrogens is 174 g/mol. The Hall–Kier alpha value is -1.57. The molecule has 0 amide bonds. The van der Waals surface area contributed by atoms with Gasteiger partial charge in [0.2, 0.25) is 0 Å². The Kier molecular flexibility index (Phi) is 2.12. The molecule has 2 nitrogen and oxygen atoms in total. The number of Topliss-reactive ketones (excluding diaryl/α,β-unsaturated/α-hetero) is 1. The number of aromatic amines is 1. The quantitative estimate of drug-likeness (QED) is 0.720. The van der Waals surface area contributed by atoms with Crippen LogP contribution in [0, 0.1) is 0 Å². The van der Waals surface area contributed by atoms with E-state index in [0.29, 0.717) is 0 Å². The summed E-state index contributed by atoms with van der Waals surface area (Å²) in [5.74, 6) is 0.111. The number of fused-ring (bicyclic) bond motifs is 1. The molecule has 1 N–H and O–H groups in total. The number of aryl methyl sites for hydroxylation is 1. The second kappa shape index (κ2) is 3.29. The van der Waals surface area contributed by atoms with E-state index in [-0.39, 0.29) is 5.78 Å². The van der Waals surface area contributed by atoms with E-state index in [1.54, 1.807) is 6.92 Å². The molecule has 0 fully saturated rings. The van der Waals surface area contributed by atoms with Crippen molar-refractivity contribution in [3.63, 3.8) is 0 Å². The molecule has 0 unspecified atom stereocenters. The van der Waals surface area contributed by atoms with Gasteiger partial charge in [0, 0.05) is 22.7 Å². The SMILES string of the molecule is CCc1c[nH]c2cc(C(C)=O)ccc12. The average Bonchev–Trinajstić information content (AvgIpc) is 2.59. The molecule has 0 spiro atoms. The highest BCUT2D eigenvalue weighted by Crippen LogP contribution is 2.20. The number of carbonyl (C=O) groups excluding carboxylic acids is 1. The highest BCUT2D eigenvalue weighted by atomic mass is 16.1. The second-order valence-corrected chi connectivity index (χ2v) is 3.48. The number of H-pyrrole nitrogens is 1. The van der Waals surface area contributed by atoms with E-state index in [1.165, 1.54) is 10.9 Å². The Morgan fingerprint density at radius 3 is 2.86 bits per heavy atom. The van der Waals surface area contributed by atoms with Crippen molar-refractivity contribution in [2.75, 3.05) is 0 Å². The molecule has 0 atom stereocenters. The molecule has 0 radical (unpaired) electrons. The number of nitrogens with one attached hydrogen (secondary N) is 1. The van der Waals surface area contributed by atoms with Crippen molar-refractivity contribution < 1.29 is 4.79 Å². The van der Waals surface area contributed by atoms with E-state index in [4.69, 9.17) is 0 Å². The zero-order valence-electron chi connectivity index (χ0n) is 8.42. The molecular formula is C12H13NO. The van der Waals surface area contributed by atoms with Crippen molar-refractivity contribution in [2.24, 2.45) is 0 Å². The Bertz CT molecular complexity index is 482. The molecule has 1 heterocycles. The fourth-order valence-electron chi connectivity index (χ4n) is 1.70. The highest BCUT2D eigenvalue weighted by Gasteiger charge is 2.04. The Morgan fingerprint density at radius 2 is 2.21 bits per heavy atom. The fourth-order valence-corrected chi connectivity index (χ4v) is 1.70. The predicted octanol–water partition coefficient (Wildman–Crippen LogP) is 2.93. The predicted molar refractivity (Wildman–Crippen MR) is 57.7 cm³/mol. The third-order valence-corrected chi connectivity index (χ3v) is 2.55. The normalized spacial score (nSPS) is 10.7. The van der Waals surface area contributed by atoms with Crippen molar-refractivity contribution in [1.29, 1.82) is 0 Å². The minimum absolute atomic E-state index is 0.111. The first-order chi connectivity index (χ1) is 6.72. The summed E-state index contributed by atoms with van der Waals surface area (Å²) in [6.07, 6.45) is 3.02. The molecule has 0 aliphatic rings. The van der Waals surface area contributed by atoms with Crippen LogP contribution in [0.4, 0.5) is 0 Å². The minimum atomic E-state index is 0.111. The van der Waals surface area contributed by atoms with E-state index in [1.807, 2.05) is 24.4 Å². The van der Waals surface area contributed by atoms with E-state index < -0.39 is 0 Å². The van der Waals surface area contributed by atoms with Gasteiger partial charge in [0.05, 0.1) is 0 Å². The van der Waals surface area contributed by atoms with Crippen molar-refractivity contribution in [1.82, 2.24) is 4.98 Å². The fraction of sp³-hybridized carbons (Fsp3) is 0.250. The van der Waals surface area contributed by atoms with Crippen LogP contribution in [0.25, 0.3) is 10.9 Å². The summed E-state index contributed by atoms with van der Waals surface area (Å²) in [6, 6.07) is 5.82. The van der Waals surface area contributed by atoms with Crippen LogP contribution in [-0.4, -0.2) is 10.8 Å². The standard InChI is InChI=1S/C12H13NO/c1-3-9-7-13-12-6-10(8(2)14)4-5-11(9)12/h4-7,13H,3H2,1-2H3. The smallest absolute Gasteiger partial charge is 0.159 e. The third-order valence-electron chi connectivity index (χ3n) is 2.55. The monoisotopic (exact) mass is 187 g/mol. The van der Waals surface area contributed by atoms with Gasteiger partial charge in [-0.2, -0.15) is 0 Å². The summed E-state index contributed by atoms with van der Waals surface area (Å²) < 4.78 is 0. The molecule has 2 heteroatoms. The van der Waals surface area contributed by atoms with Crippen LogP contribution in [0.2, 0.25) is 0 Å². The lowest BCUT2D eigenvalue weighted by atomic mass is 10.1. The number of benzene rings is 1. The Morgan fingerprint density at radius 1 is 1.43 bits per heavy atom. The molecule has 0 aliphatic heterocycles. The van der Waals surface area contributed by atoms with Crippen molar-refractivity contribution in [2.45, 2.75) is 20.3 Å². The van der Waals surface area contributed by atoms with Crippen LogP contribution in [0.1, 0.15) is 29.8 Å². The molecule has 0 saturated carbocycles. The second-order valence-electron chi connectivity index (χ2n) is 3.48. The Labute approximate surface area is 82.9 Å². The molecule has 0 saturated heterocycles. The van der Waals surface area contributed by atoms with E-state index in [9.17, 15) is 4.79 Å². The first kappa shape index (κ1) is 9.00. The van der Waals surface area contributed by atoms with Crippen LogP contribution >= 0.6 is 0 Å². The van der Waals surface area contributed by atoms with Crippen LogP contribution in [0.3, 0.4) is 0 Å². The zero-order chi connectivity index (χ0) is 10.1. The highest BCUT2D eigenvalue weighted by molar-refractivity contribution is 5.98. The first-order valence-electron chi connectivity index (χ1n) is 4.83. The van der Waals surface area contributed by atoms with Gasteiger partial charge in [0.1, 0.15) is 0 Å². The maximum Gasteiger partial charge on any atom is 0.159 e. The number of rotatable bonds is 2. The van der Waals surface area contributed by atoms with E-state index >= 15 is 0 Å². The lowest BCUT2D eigenvalue weighted by molar-refractivity contribution is 0.101. The first-order valence-corrected chi connectivity index (χ1v) is 4.83. The summed E-state index contributed by atoms with van der Waals surface area (Å²) in [5.41, 5.74) is 3.12. The van der Waals surface area contributed by atoms with Crippen molar-refractivity contribution in [3.8, 4) is 0 Å². The topological polar surface area (TPSA) is 32.9 Å². The molecule has 14 heavy (non-hydrogen) atoms. The van der Waals surface area contributed by atoms with Gasteiger partial charge in [-0.15, -0.1) is 0 Å². The van der Waals surface area contributed by atoms with Crippen LogP contribution in [-0.2, 0) is 6.42 Å². The number of aromatic nitrogens is 1. The molecule has 1 aromatic carbocycles. The van der Waals surface area contributed by atoms with Gasteiger partial charge in [-0.25, -0.2) is 0 Å². The Balaban J connectivity index is 2.63. The van der Waals surface area contributed by atoms with Crippen LogP contribution in [0.5, 0.6) is 0 Å². The van der Waals surface area contributed by atoms with Gasteiger partial charge in [0.25, 0.3) is 0 Å². The number of hydrogen-bond acceptors (Lipinski definition) is 1. The molecule has 1 aromatic heterocycles. The lowest BCUT2D eigenvalue weighted by Crippen LogP contribution is -1.90. The minimum Gasteiger partial charge on any atom is -0.361 e. The van der Waals surface area contributed by atoms with Crippen molar-refractivity contribution >= 4 is 16.7 Å². The van der Waals surface area contributed by atoms with E-state index in [0.717, 1.165) is 17.5 Å². The van der Waals surface area contributed by atoms with Gasteiger partial charge in [0.15, 0.2) is 5.78 Å². The molecule has 0 aliphatic carbocycles. The average molecular weight is 187 g/mol. The maximum atomic E-state index is 11.2. The maximum absolute atomic E-state index is 11.2. The molecule has 2 rings (SSSR count). The number of ketones is 1. The third kappa shape index (κ3) is 1.33. The summed E-state index contributed by atoms with van der Waals surface area (Å²) in [5, 5.41) is 1.22. The molecule has 2 aromatic rings. The molecule has 72 valence electrons. The van der Waals surface area contributed by atoms with Gasteiger partial charge in [-0.05, 0) is 25.0 Å². The zero-order valence-corrected chi connectivity index (χ0v) is 8.42. The molecule has 0 bridgehead atoms. The summed E-state index contributed by atoms with van der Waals surface area (Å²) in [4.78, 5) is 14.3. The summed E-state index contributed by atoms with van der Waals surface area (Å²) in [6.45, 7) is 3.71. The summed E-state index contributed by atoms with van der Waals surface area (Å²) >= 11 is 0. The van der Waals surface area contributed by atoms with Gasteiger partial charge < -0.3 is 4.98 Å². The lowest BCUT2D eigenvalue weighted by Gasteiger charge is -1.97. The van der Waals surface area contributed by atoms with Gasteiger partial charge in [-0.3, -0.25) is 4.79 Å².